The number of nitrogens with zero attached hydrogens (tertiary/aromatic N) is 2. The number of para-hydroxylation sites is 2. The molecule has 0 heterocycles. The van der Waals surface area contributed by atoms with E-state index in [0.29, 0.717) is 5.69 Å². The zero-order valence-electron chi connectivity index (χ0n) is 11.7. The molecule has 0 aromatic heterocycles. The lowest BCUT2D eigenvalue weighted by molar-refractivity contribution is 0.477. The standard InChI is InChI=1S/C17H18N2O/c1-19(2)15-11-9-14(10-12-15)6-5-13-18-16-7-3-4-8-17(16)20/h3-13,20H,1-2H3. The largest absolute Gasteiger partial charge is 0.506 e. The van der Waals surface area contributed by atoms with Crippen molar-refractivity contribution in [3.63, 3.8) is 0 Å². The van der Waals surface area contributed by atoms with Crippen LogP contribution in [0.15, 0.2) is 59.6 Å². The highest BCUT2D eigenvalue weighted by molar-refractivity contribution is 5.81. The lowest BCUT2D eigenvalue weighted by Gasteiger charge is -2.11. The van der Waals surface area contributed by atoms with Crippen molar-refractivity contribution >= 4 is 23.7 Å². The van der Waals surface area contributed by atoms with Gasteiger partial charge in [0.2, 0.25) is 0 Å². The number of allylic oxidation sites excluding steroid dienone is 1. The van der Waals surface area contributed by atoms with Crippen LogP contribution in [0.4, 0.5) is 11.4 Å². The molecule has 0 spiro atoms. The molecule has 102 valence electrons. The Morgan fingerprint density at radius 1 is 1.00 bits per heavy atom. The summed E-state index contributed by atoms with van der Waals surface area (Å²) in [6.07, 6.45) is 5.51. The minimum atomic E-state index is 0.187. The Hall–Kier alpha value is -2.55. The number of hydrogen-bond acceptors (Lipinski definition) is 3. The minimum Gasteiger partial charge on any atom is -0.506 e. The summed E-state index contributed by atoms with van der Waals surface area (Å²) in [4.78, 5) is 6.26. The number of hydrogen-bond donors (Lipinski definition) is 1. The highest BCUT2D eigenvalue weighted by Crippen LogP contribution is 2.24. The van der Waals surface area contributed by atoms with Crippen LogP contribution in [0, 0.1) is 0 Å². The Labute approximate surface area is 119 Å². The van der Waals surface area contributed by atoms with Crippen molar-refractivity contribution in [3.8, 4) is 5.75 Å². The van der Waals surface area contributed by atoms with Crippen LogP contribution < -0.4 is 4.90 Å². The summed E-state index contributed by atoms with van der Waals surface area (Å²) in [5.74, 6) is 0.187. The highest BCUT2D eigenvalue weighted by atomic mass is 16.3. The zero-order valence-corrected chi connectivity index (χ0v) is 11.7. The normalized spacial score (nSPS) is 11.3. The van der Waals surface area contributed by atoms with Gasteiger partial charge in [-0.25, -0.2) is 0 Å². The van der Waals surface area contributed by atoms with E-state index < -0.39 is 0 Å². The quantitative estimate of drug-likeness (QED) is 0.853. The van der Waals surface area contributed by atoms with E-state index in [2.05, 4.69) is 34.2 Å². The van der Waals surface area contributed by atoms with E-state index in [1.54, 1.807) is 24.4 Å². The van der Waals surface area contributed by atoms with Crippen LogP contribution in [0.1, 0.15) is 5.56 Å². The summed E-state index contributed by atoms with van der Waals surface area (Å²) in [6, 6.07) is 15.3. The van der Waals surface area contributed by atoms with E-state index in [4.69, 9.17) is 0 Å². The Bertz CT molecular complexity index is 613. The predicted molar refractivity (Wildman–Crippen MR) is 86.1 cm³/mol. The van der Waals surface area contributed by atoms with Crippen LogP contribution in [0.5, 0.6) is 5.75 Å². The number of aliphatic imine (C=N–C) groups is 1. The maximum atomic E-state index is 9.57. The second-order valence-corrected chi connectivity index (χ2v) is 4.61. The predicted octanol–water partition coefficient (Wildman–Crippen LogP) is 3.87. The van der Waals surface area contributed by atoms with Gasteiger partial charge >= 0.3 is 0 Å². The van der Waals surface area contributed by atoms with Gasteiger partial charge in [0.25, 0.3) is 0 Å². The summed E-state index contributed by atoms with van der Waals surface area (Å²) in [7, 11) is 4.04. The summed E-state index contributed by atoms with van der Waals surface area (Å²) in [5, 5.41) is 9.57. The molecule has 0 aliphatic rings. The zero-order chi connectivity index (χ0) is 14.4. The Morgan fingerprint density at radius 3 is 2.35 bits per heavy atom. The first-order valence-corrected chi connectivity index (χ1v) is 6.43. The molecule has 0 aliphatic heterocycles. The van der Waals surface area contributed by atoms with Crippen LogP contribution in [0.25, 0.3) is 6.08 Å². The molecule has 2 rings (SSSR count). The molecule has 0 saturated heterocycles. The second kappa shape index (κ2) is 6.57. The van der Waals surface area contributed by atoms with Crippen LogP contribution >= 0.6 is 0 Å². The smallest absolute Gasteiger partial charge is 0.141 e. The molecule has 3 nitrogen and oxygen atoms in total. The van der Waals surface area contributed by atoms with Gasteiger partial charge in [0, 0.05) is 26.0 Å². The van der Waals surface area contributed by atoms with E-state index in [0.717, 1.165) is 5.56 Å². The summed E-state index contributed by atoms with van der Waals surface area (Å²) in [5.41, 5.74) is 2.85. The third kappa shape index (κ3) is 3.72. The Kier molecular flexibility index (Phi) is 4.56. The molecule has 0 saturated carbocycles. The molecule has 0 bridgehead atoms. The SMILES string of the molecule is CN(C)c1ccc(C=CC=Nc2ccccc2O)cc1. The van der Waals surface area contributed by atoms with Gasteiger partial charge < -0.3 is 10.0 Å². The van der Waals surface area contributed by atoms with Crippen molar-refractivity contribution in [1.29, 1.82) is 0 Å². The van der Waals surface area contributed by atoms with Crippen molar-refractivity contribution in [2.24, 2.45) is 4.99 Å². The van der Waals surface area contributed by atoms with Crippen molar-refractivity contribution in [2.75, 3.05) is 19.0 Å². The number of anilines is 1. The Morgan fingerprint density at radius 2 is 1.70 bits per heavy atom. The molecular formula is C17H18N2O. The molecule has 0 amide bonds. The molecule has 3 heteroatoms. The molecule has 0 aliphatic carbocycles. The fraction of sp³-hybridized carbons (Fsp3) is 0.118. The second-order valence-electron chi connectivity index (χ2n) is 4.61. The van der Waals surface area contributed by atoms with Crippen molar-refractivity contribution < 1.29 is 5.11 Å². The highest BCUT2D eigenvalue weighted by Gasteiger charge is 1.94. The van der Waals surface area contributed by atoms with Crippen molar-refractivity contribution in [1.82, 2.24) is 0 Å². The number of phenolic OH excluding ortho intramolecular Hbond substituents is 1. The van der Waals surface area contributed by atoms with Gasteiger partial charge in [0.15, 0.2) is 0 Å². The van der Waals surface area contributed by atoms with E-state index >= 15 is 0 Å². The van der Waals surface area contributed by atoms with Gasteiger partial charge in [-0.3, -0.25) is 4.99 Å². The van der Waals surface area contributed by atoms with Gasteiger partial charge in [-0.1, -0.05) is 30.3 Å². The first kappa shape index (κ1) is 13.9. The van der Waals surface area contributed by atoms with Crippen molar-refractivity contribution in [2.45, 2.75) is 0 Å². The lowest BCUT2D eigenvalue weighted by atomic mass is 10.2. The van der Waals surface area contributed by atoms with E-state index in [9.17, 15) is 5.11 Å². The monoisotopic (exact) mass is 266 g/mol. The molecule has 0 fully saturated rings. The maximum absolute atomic E-state index is 9.57. The van der Waals surface area contributed by atoms with Gasteiger partial charge in [-0.2, -0.15) is 0 Å². The molecule has 0 radical (unpaired) electrons. The number of phenols is 1. The molecular weight excluding hydrogens is 248 g/mol. The molecule has 20 heavy (non-hydrogen) atoms. The van der Waals surface area contributed by atoms with Gasteiger partial charge in [-0.15, -0.1) is 0 Å². The van der Waals surface area contributed by atoms with Crippen LogP contribution in [0.2, 0.25) is 0 Å². The third-order valence-corrected chi connectivity index (χ3v) is 2.88. The molecule has 0 atom stereocenters. The molecule has 1 N–H and O–H groups in total. The molecule has 2 aromatic carbocycles. The van der Waals surface area contributed by atoms with Gasteiger partial charge in [0.05, 0.1) is 0 Å². The Balaban J connectivity index is 2.01. The fourth-order valence-corrected chi connectivity index (χ4v) is 1.73. The summed E-state index contributed by atoms with van der Waals surface area (Å²) >= 11 is 0. The number of aromatic hydroxyl groups is 1. The van der Waals surface area contributed by atoms with Crippen molar-refractivity contribution in [3.05, 3.63) is 60.2 Å². The summed E-state index contributed by atoms with van der Waals surface area (Å²) in [6.45, 7) is 0. The fourth-order valence-electron chi connectivity index (χ4n) is 1.73. The first-order valence-electron chi connectivity index (χ1n) is 6.43. The third-order valence-electron chi connectivity index (χ3n) is 2.88. The van der Waals surface area contributed by atoms with Crippen LogP contribution in [-0.2, 0) is 0 Å². The minimum absolute atomic E-state index is 0.187. The van der Waals surface area contributed by atoms with E-state index in [-0.39, 0.29) is 5.75 Å². The number of rotatable bonds is 4. The van der Waals surface area contributed by atoms with Crippen LogP contribution in [-0.4, -0.2) is 25.4 Å². The van der Waals surface area contributed by atoms with Gasteiger partial charge in [0.1, 0.15) is 11.4 Å². The van der Waals surface area contributed by atoms with Crippen LogP contribution in [0.3, 0.4) is 0 Å². The summed E-state index contributed by atoms with van der Waals surface area (Å²) < 4.78 is 0. The topological polar surface area (TPSA) is 35.8 Å². The molecule has 2 aromatic rings. The average molecular weight is 266 g/mol. The van der Waals surface area contributed by atoms with E-state index in [1.165, 1.54) is 5.69 Å². The van der Waals surface area contributed by atoms with E-state index in [1.807, 2.05) is 32.3 Å². The first-order chi connectivity index (χ1) is 9.66. The average Bonchev–Trinajstić information content (AvgIpc) is 2.46. The lowest BCUT2D eigenvalue weighted by Crippen LogP contribution is -2.07. The van der Waals surface area contributed by atoms with Gasteiger partial charge in [-0.05, 0) is 35.9 Å². The maximum Gasteiger partial charge on any atom is 0.141 e. The number of benzene rings is 2. The molecule has 0 unspecified atom stereocenters.